The molecule has 9 heteroatoms. The summed E-state index contributed by atoms with van der Waals surface area (Å²) in [5, 5.41) is 12.5. The third-order valence-corrected chi connectivity index (χ3v) is 4.18. The minimum absolute atomic E-state index is 0.0252. The minimum Gasteiger partial charge on any atom is -0.392 e. The molecule has 2 N–H and O–H groups in total. The zero-order chi connectivity index (χ0) is 14.8. The maximum Gasteiger partial charge on any atom is 0.241 e. The number of aliphatic hydroxyl groups is 1. The standard InChI is InChI=1S/C11H12FN3O4S/c1-7-9(12)2-8(5-16)3-10(7)20(17,18)14-4-11-13-6-19-15-11/h2-3,6,14,16H,4-5H2,1H3. The Morgan fingerprint density at radius 2 is 2.20 bits per heavy atom. The van der Waals surface area contributed by atoms with Crippen molar-refractivity contribution in [1.29, 1.82) is 0 Å². The molecular weight excluding hydrogens is 289 g/mol. The van der Waals surface area contributed by atoms with Gasteiger partial charge in [-0.2, -0.15) is 4.98 Å². The van der Waals surface area contributed by atoms with Gasteiger partial charge in [0.15, 0.2) is 5.82 Å². The van der Waals surface area contributed by atoms with Crippen LogP contribution in [-0.2, 0) is 23.2 Å². The van der Waals surface area contributed by atoms with Crippen LogP contribution in [0.3, 0.4) is 0 Å². The van der Waals surface area contributed by atoms with E-state index in [2.05, 4.69) is 19.4 Å². The van der Waals surface area contributed by atoms with Crippen molar-refractivity contribution >= 4 is 10.0 Å². The fraction of sp³-hybridized carbons (Fsp3) is 0.273. The predicted octanol–water partition coefficient (Wildman–Crippen LogP) is 0.488. The number of aromatic nitrogens is 2. The lowest BCUT2D eigenvalue weighted by Crippen LogP contribution is -2.25. The van der Waals surface area contributed by atoms with Gasteiger partial charge in [-0.05, 0) is 24.6 Å². The molecule has 7 nitrogen and oxygen atoms in total. The fourth-order valence-electron chi connectivity index (χ4n) is 1.59. The Balaban J connectivity index is 2.31. The molecule has 0 aliphatic heterocycles. The summed E-state index contributed by atoms with van der Waals surface area (Å²) in [6, 6.07) is 2.31. The van der Waals surface area contributed by atoms with E-state index >= 15 is 0 Å². The molecule has 0 aliphatic carbocycles. The number of aliphatic hydroxyl groups excluding tert-OH is 1. The highest BCUT2D eigenvalue weighted by atomic mass is 32.2. The molecule has 0 radical (unpaired) electrons. The number of nitrogens with one attached hydrogen (secondary N) is 1. The minimum atomic E-state index is -3.94. The highest BCUT2D eigenvalue weighted by Gasteiger charge is 2.20. The van der Waals surface area contributed by atoms with Gasteiger partial charge in [-0.15, -0.1) is 0 Å². The van der Waals surface area contributed by atoms with Crippen molar-refractivity contribution < 1.29 is 22.4 Å². The molecule has 1 aromatic heterocycles. The van der Waals surface area contributed by atoms with Crippen LogP contribution in [0.15, 0.2) is 27.9 Å². The van der Waals surface area contributed by atoms with E-state index in [0.717, 1.165) is 12.5 Å². The molecular formula is C11H12FN3O4S. The molecule has 2 aromatic rings. The molecule has 0 unspecified atom stereocenters. The summed E-state index contributed by atoms with van der Waals surface area (Å²) >= 11 is 0. The first-order valence-electron chi connectivity index (χ1n) is 5.59. The SMILES string of the molecule is Cc1c(F)cc(CO)cc1S(=O)(=O)NCc1ncon1. The monoisotopic (exact) mass is 301 g/mol. The molecule has 0 amide bonds. The van der Waals surface area contributed by atoms with Crippen molar-refractivity contribution in [3.8, 4) is 0 Å². The Kier molecular flexibility index (Phi) is 4.12. The van der Waals surface area contributed by atoms with Crippen LogP contribution in [0.4, 0.5) is 4.39 Å². The number of rotatable bonds is 5. The summed E-state index contributed by atoms with van der Waals surface area (Å²) in [6.45, 7) is 0.715. The number of hydrogen-bond donors (Lipinski definition) is 2. The quantitative estimate of drug-likeness (QED) is 0.832. The summed E-state index contributed by atoms with van der Waals surface area (Å²) in [5.74, 6) is -0.540. The molecule has 1 aromatic carbocycles. The van der Waals surface area contributed by atoms with E-state index in [1.807, 2.05) is 0 Å². The first kappa shape index (κ1) is 14.6. The maximum absolute atomic E-state index is 13.6. The Morgan fingerprint density at radius 3 is 2.80 bits per heavy atom. The average molecular weight is 301 g/mol. The smallest absolute Gasteiger partial charge is 0.241 e. The Morgan fingerprint density at radius 1 is 1.45 bits per heavy atom. The van der Waals surface area contributed by atoms with Crippen molar-refractivity contribution in [2.24, 2.45) is 0 Å². The Bertz CT molecular complexity index is 701. The topological polar surface area (TPSA) is 105 Å². The van der Waals surface area contributed by atoms with Gasteiger partial charge in [-0.25, -0.2) is 17.5 Å². The second-order valence-corrected chi connectivity index (χ2v) is 5.77. The van der Waals surface area contributed by atoms with Crippen molar-refractivity contribution in [3.63, 3.8) is 0 Å². The van der Waals surface area contributed by atoms with Gasteiger partial charge in [0.25, 0.3) is 0 Å². The van der Waals surface area contributed by atoms with Crippen LogP contribution < -0.4 is 4.72 Å². The van der Waals surface area contributed by atoms with Crippen molar-refractivity contribution in [1.82, 2.24) is 14.9 Å². The normalized spacial score (nSPS) is 11.8. The largest absolute Gasteiger partial charge is 0.392 e. The van der Waals surface area contributed by atoms with Gasteiger partial charge in [0.1, 0.15) is 5.82 Å². The van der Waals surface area contributed by atoms with Crippen LogP contribution in [0, 0.1) is 12.7 Å². The molecule has 0 spiro atoms. The number of halogens is 1. The second-order valence-electron chi connectivity index (χ2n) is 4.03. The molecule has 0 saturated carbocycles. The second kappa shape index (κ2) is 5.65. The molecule has 20 heavy (non-hydrogen) atoms. The molecule has 0 aliphatic rings. The van der Waals surface area contributed by atoms with E-state index in [0.29, 0.717) is 0 Å². The number of benzene rings is 1. The van der Waals surface area contributed by atoms with Gasteiger partial charge in [0, 0.05) is 5.56 Å². The molecule has 108 valence electrons. The lowest BCUT2D eigenvalue weighted by molar-refractivity contribution is 0.281. The third kappa shape index (κ3) is 3.00. The van der Waals surface area contributed by atoms with E-state index < -0.39 is 22.4 Å². The van der Waals surface area contributed by atoms with Gasteiger partial charge in [-0.1, -0.05) is 5.16 Å². The first-order valence-corrected chi connectivity index (χ1v) is 7.07. The van der Waals surface area contributed by atoms with Crippen molar-refractivity contribution in [2.45, 2.75) is 25.0 Å². The van der Waals surface area contributed by atoms with Crippen LogP contribution in [0.1, 0.15) is 17.0 Å². The van der Waals surface area contributed by atoms with Crippen LogP contribution in [0.25, 0.3) is 0 Å². The molecule has 0 saturated heterocycles. The van der Waals surface area contributed by atoms with E-state index in [1.165, 1.54) is 13.0 Å². The van der Waals surface area contributed by atoms with Gasteiger partial charge in [-0.3, -0.25) is 0 Å². The van der Waals surface area contributed by atoms with Gasteiger partial charge in [0.2, 0.25) is 16.4 Å². The lowest BCUT2D eigenvalue weighted by Gasteiger charge is -2.10. The van der Waals surface area contributed by atoms with Crippen LogP contribution in [0.2, 0.25) is 0 Å². The lowest BCUT2D eigenvalue weighted by atomic mass is 10.1. The van der Waals surface area contributed by atoms with E-state index in [1.54, 1.807) is 0 Å². The fourth-order valence-corrected chi connectivity index (χ4v) is 2.87. The van der Waals surface area contributed by atoms with Crippen molar-refractivity contribution in [3.05, 3.63) is 41.3 Å². The van der Waals surface area contributed by atoms with Gasteiger partial charge >= 0.3 is 0 Å². The summed E-state index contributed by atoms with van der Waals surface area (Å²) in [7, 11) is -3.94. The van der Waals surface area contributed by atoms with E-state index in [-0.39, 0.29) is 28.4 Å². The van der Waals surface area contributed by atoms with E-state index in [4.69, 9.17) is 5.11 Å². The average Bonchev–Trinajstić information content (AvgIpc) is 2.92. The summed E-state index contributed by atoms with van der Waals surface area (Å²) < 4.78 is 44.6. The number of hydrogen-bond acceptors (Lipinski definition) is 6. The third-order valence-electron chi connectivity index (χ3n) is 2.66. The summed E-state index contributed by atoms with van der Waals surface area (Å²) in [4.78, 5) is 3.44. The summed E-state index contributed by atoms with van der Waals surface area (Å²) in [5.41, 5.74) is 0.149. The summed E-state index contributed by atoms with van der Waals surface area (Å²) in [6.07, 6.45) is 1.07. The highest BCUT2D eigenvalue weighted by molar-refractivity contribution is 7.89. The van der Waals surface area contributed by atoms with Gasteiger partial charge in [0.05, 0.1) is 18.0 Å². The zero-order valence-corrected chi connectivity index (χ0v) is 11.3. The number of nitrogens with zero attached hydrogens (tertiary/aromatic N) is 2. The van der Waals surface area contributed by atoms with Crippen LogP contribution in [-0.4, -0.2) is 23.7 Å². The molecule has 1 heterocycles. The Labute approximate surface area is 114 Å². The van der Waals surface area contributed by atoms with Crippen LogP contribution >= 0.6 is 0 Å². The Hall–Kier alpha value is -1.84. The van der Waals surface area contributed by atoms with Crippen LogP contribution in [0.5, 0.6) is 0 Å². The molecule has 0 bridgehead atoms. The molecule has 0 fully saturated rings. The van der Waals surface area contributed by atoms with Gasteiger partial charge < -0.3 is 9.63 Å². The predicted molar refractivity (Wildman–Crippen MR) is 65.4 cm³/mol. The molecule has 0 atom stereocenters. The maximum atomic E-state index is 13.6. The van der Waals surface area contributed by atoms with Crippen molar-refractivity contribution in [2.75, 3.05) is 0 Å². The number of sulfonamides is 1. The van der Waals surface area contributed by atoms with E-state index in [9.17, 15) is 12.8 Å². The zero-order valence-electron chi connectivity index (χ0n) is 10.5. The molecule has 2 rings (SSSR count). The highest BCUT2D eigenvalue weighted by Crippen LogP contribution is 2.20. The first-order chi connectivity index (χ1) is 9.44.